The summed E-state index contributed by atoms with van der Waals surface area (Å²) in [6.45, 7) is 5.43. The first kappa shape index (κ1) is 22.0. The molecule has 1 aromatic heterocycles. The zero-order chi connectivity index (χ0) is 20.5. The summed E-state index contributed by atoms with van der Waals surface area (Å²) < 4.78 is 7.74. The summed E-state index contributed by atoms with van der Waals surface area (Å²) in [5.41, 5.74) is 1.14. The number of hydrogen-bond donors (Lipinski definition) is 2. The first-order valence-electron chi connectivity index (χ1n) is 10.1. The second kappa shape index (κ2) is 10.9. The minimum absolute atomic E-state index is 0.0443. The maximum Gasteiger partial charge on any atom is 0.191 e. The van der Waals surface area contributed by atoms with Gasteiger partial charge in [-0.2, -0.15) is 16.9 Å². The van der Waals surface area contributed by atoms with Crippen LogP contribution in [-0.2, 0) is 4.74 Å². The third kappa shape index (κ3) is 6.14. The van der Waals surface area contributed by atoms with Gasteiger partial charge in [0.2, 0.25) is 0 Å². The van der Waals surface area contributed by atoms with Crippen molar-refractivity contribution >= 4 is 29.3 Å². The second-order valence-electron chi connectivity index (χ2n) is 7.09. The number of benzene rings is 1. The number of halogens is 1. The monoisotopic (exact) mass is 435 g/mol. The van der Waals surface area contributed by atoms with Crippen molar-refractivity contribution in [2.45, 2.75) is 30.6 Å². The predicted molar refractivity (Wildman–Crippen MR) is 122 cm³/mol. The minimum atomic E-state index is 0.0443. The third-order valence-electron chi connectivity index (χ3n) is 5.22. The van der Waals surface area contributed by atoms with Gasteiger partial charge in [0.1, 0.15) is 0 Å². The summed E-state index contributed by atoms with van der Waals surface area (Å²) in [4.78, 5) is 4.43. The Morgan fingerprint density at radius 2 is 2.07 bits per heavy atom. The largest absolute Gasteiger partial charge is 0.381 e. The van der Waals surface area contributed by atoms with Crippen LogP contribution in [0.1, 0.15) is 31.4 Å². The molecule has 0 spiro atoms. The van der Waals surface area contributed by atoms with Gasteiger partial charge in [-0.15, -0.1) is 0 Å². The summed E-state index contributed by atoms with van der Waals surface area (Å²) in [6.07, 6.45) is 5.91. The quantitative estimate of drug-likeness (QED) is 0.490. The highest BCUT2D eigenvalue weighted by Gasteiger charge is 2.32. The van der Waals surface area contributed by atoms with Crippen LogP contribution in [0.3, 0.4) is 0 Å². The molecule has 3 rings (SSSR count). The molecule has 1 aliphatic rings. The molecule has 0 radical (unpaired) electrons. The second-order valence-corrected chi connectivity index (χ2v) is 9.26. The van der Waals surface area contributed by atoms with E-state index in [0.717, 1.165) is 54.9 Å². The summed E-state index contributed by atoms with van der Waals surface area (Å²) in [6, 6.07) is 9.90. The van der Waals surface area contributed by atoms with Gasteiger partial charge in [-0.1, -0.05) is 30.7 Å². The van der Waals surface area contributed by atoms with Crippen molar-refractivity contribution in [1.29, 1.82) is 0 Å². The van der Waals surface area contributed by atoms with Gasteiger partial charge >= 0.3 is 0 Å². The number of thioether (sulfide) groups is 1. The molecule has 2 aromatic rings. The smallest absolute Gasteiger partial charge is 0.191 e. The summed E-state index contributed by atoms with van der Waals surface area (Å²) in [5.74, 6) is 1.91. The molecule has 158 valence electrons. The first-order valence-corrected chi connectivity index (χ1v) is 11.4. The first-order chi connectivity index (χ1) is 14.2. The average Bonchev–Trinajstić information content (AvgIpc) is 3.27. The molecule has 1 unspecified atom stereocenters. The molecule has 1 atom stereocenters. The topological polar surface area (TPSA) is 63.5 Å². The van der Waals surface area contributed by atoms with E-state index in [1.165, 1.54) is 0 Å². The summed E-state index contributed by atoms with van der Waals surface area (Å²) in [5, 5.41) is 12.2. The maximum absolute atomic E-state index is 6.07. The van der Waals surface area contributed by atoms with Crippen LogP contribution in [0.15, 0.2) is 47.7 Å². The van der Waals surface area contributed by atoms with Gasteiger partial charge in [-0.25, -0.2) is 0 Å². The number of nitrogens with one attached hydrogen (secondary N) is 2. The van der Waals surface area contributed by atoms with Gasteiger partial charge in [0.25, 0.3) is 0 Å². The minimum Gasteiger partial charge on any atom is -0.381 e. The van der Waals surface area contributed by atoms with Crippen molar-refractivity contribution in [3.63, 3.8) is 0 Å². The molecule has 0 aliphatic carbocycles. The Labute approximate surface area is 182 Å². The van der Waals surface area contributed by atoms with Crippen LogP contribution < -0.4 is 10.6 Å². The van der Waals surface area contributed by atoms with Gasteiger partial charge in [0.15, 0.2) is 5.96 Å². The van der Waals surface area contributed by atoms with E-state index in [1.807, 2.05) is 60.0 Å². The number of aromatic nitrogens is 2. The lowest BCUT2D eigenvalue weighted by molar-refractivity contribution is 0.0782. The van der Waals surface area contributed by atoms with E-state index in [2.05, 4.69) is 27.6 Å². The van der Waals surface area contributed by atoms with E-state index in [0.29, 0.717) is 6.54 Å². The Kier molecular flexibility index (Phi) is 8.27. The molecule has 0 saturated carbocycles. The molecule has 2 heterocycles. The van der Waals surface area contributed by atoms with E-state index in [-0.39, 0.29) is 10.8 Å². The van der Waals surface area contributed by atoms with Crippen molar-refractivity contribution in [2.75, 3.05) is 39.1 Å². The Hall–Kier alpha value is -1.70. The number of hydrogen-bond acceptors (Lipinski definition) is 4. The van der Waals surface area contributed by atoms with Gasteiger partial charge in [-0.05, 0) is 42.4 Å². The number of guanidine groups is 1. The zero-order valence-corrected chi connectivity index (χ0v) is 18.7. The highest BCUT2D eigenvalue weighted by molar-refractivity contribution is 8.00. The van der Waals surface area contributed by atoms with Crippen LogP contribution in [0, 0.1) is 0 Å². The number of aliphatic imine (C=N–C) groups is 1. The Balaban J connectivity index is 1.63. The third-order valence-corrected chi connectivity index (χ3v) is 6.92. The standard InChI is InChI=1S/C21H30ClN5OS/c1-3-29-21(9-13-28-14-10-21)16-25-20(23-2)24-15-19(27-12-4-11-26-27)17-5-7-18(22)8-6-17/h4-8,11-12,19H,3,9-10,13-16H2,1-2H3,(H2,23,24,25). The van der Waals surface area contributed by atoms with Crippen LogP contribution in [0.25, 0.3) is 0 Å². The number of nitrogens with zero attached hydrogens (tertiary/aromatic N) is 3. The van der Waals surface area contributed by atoms with Crippen LogP contribution in [0.5, 0.6) is 0 Å². The van der Waals surface area contributed by atoms with E-state index >= 15 is 0 Å². The molecule has 1 aromatic carbocycles. The molecular formula is C21H30ClN5OS. The molecule has 6 nitrogen and oxygen atoms in total. The number of ether oxygens (including phenoxy) is 1. The van der Waals surface area contributed by atoms with Crippen molar-refractivity contribution in [2.24, 2.45) is 4.99 Å². The summed E-state index contributed by atoms with van der Waals surface area (Å²) in [7, 11) is 1.81. The SMILES string of the molecule is CCSC1(CNC(=NC)NCC(c2ccc(Cl)cc2)n2cccn2)CCOCC1. The molecular weight excluding hydrogens is 406 g/mol. The van der Waals surface area contributed by atoms with E-state index in [4.69, 9.17) is 16.3 Å². The van der Waals surface area contributed by atoms with E-state index in [1.54, 1.807) is 6.20 Å². The zero-order valence-electron chi connectivity index (χ0n) is 17.1. The van der Waals surface area contributed by atoms with Gasteiger partial charge in [0.05, 0.1) is 6.04 Å². The van der Waals surface area contributed by atoms with Crippen molar-refractivity contribution in [3.05, 3.63) is 53.3 Å². The molecule has 1 saturated heterocycles. The fourth-order valence-corrected chi connectivity index (χ4v) is 4.96. The van der Waals surface area contributed by atoms with Crippen molar-refractivity contribution in [1.82, 2.24) is 20.4 Å². The fraction of sp³-hybridized carbons (Fsp3) is 0.524. The highest BCUT2D eigenvalue weighted by Crippen LogP contribution is 2.34. The molecule has 1 fully saturated rings. The van der Waals surface area contributed by atoms with Gasteiger partial charge in [-0.3, -0.25) is 9.67 Å². The molecule has 29 heavy (non-hydrogen) atoms. The average molecular weight is 436 g/mol. The molecule has 2 N–H and O–H groups in total. The Morgan fingerprint density at radius 1 is 1.31 bits per heavy atom. The molecule has 0 bridgehead atoms. The van der Waals surface area contributed by atoms with E-state index in [9.17, 15) is 0 Å². The van der Waals surface area contributed by atoms with Crippen LogP contribution in [0.4, 0.5) is 0 Å². The summed E-state index contributed by atoms with van der Waals surface area (Å²) >= 11 is 8.09. The van der Waals surface area contributed by atoms with Crippen LogP contribution in [-0.4, -0.2) is 59.6 Å². The Morgan fingerprint density at radius 3 is 2.69 bits per heavy atom. The van der Waals surface area contributed by atoms with Crippen LogP contribution in [0.2, 0.25) is 5.02 Å². The normalized spacial score (nSPS) is 17.7. The lowest BCUT2D eigenvalue weighted by Crippen LogP contribution is -2.49. The fourth-order valence-electron chi connectivity index (χ4n) is 3.59. The van der Waals surface area contributed by atoms with Gasteiger partial charge in [0, 0.05) is 55.5 Å². The van der Waals surface area contributed by atoms with E-state index < -0.39 is 0 Å². The lowest BCUT2D eigenvalue weighted by Gasteiger charge is -2.37. The van der Waals surface area contributed by atoms with Crippen LogP contribution >= 0.6 is 23.4 Å². The molecule has 8 heteroatoms. The lowest BCUT2D eigenvalue weighted by atomic mass is 9.99. The molecule has 0 amide bonds. The van der Waals surface area contributed by atoms with Crippen molar-refractivity contribution in [3.8, 4) is 0 Å². The Bertz CT molecular complexity index is 754. The number of rotatable bonds is 8. The predicted octanol–water partition coefficient (Wildman–Crippen LogP) is 3.59. The van der Waals surface area contributed by atoms with Crippen molar-refractivity contribution < 1.29 is 4.74 Å². The highest BCUT2D eigenvalue weighted by atomic mass is 35.5. The molecule has 1 aliphatic heterocycles. The van der Waals surface area contributed by atoms with Gasteiger partial charge < -0.3 is 15.4 Å². The maximum atomic E-state index is 6.07.